The molecule has 0 spiro atoms. The molecule has 0 saturated heterocycles. The van der Waals surface area contributed by atoms with E-state index in [1.807, 2.05) is 0 Å². The van der Waals surface area contributed by atoms with Crippen LogP contribution >= 0.6 is 0 Å². The minimum atomic E-state index is -0.790. The molecule has 0 aliphatic heterocycles. The molecule has 0 atom stereocenters. The number of hydrogen-bond donors (Lipinski definition) is 2. The van der Waals surface area contributed by atoms with Gasteiger partial charge in [-0.3, -0.25) is 0 Å². The lowest BCUT2D eigenvalue weighted by Gasteiger charge is -2.04. The predicted molar refractivity (Wildman–Crippen MR) is 52.0 cm³/mol. The Bertz CT molecular complexity index is 289. The molecule has 3 N–H and O–H groups in total. The predicted octanol–water partition coefficient (Wildman–Crippen LogP) is 1.06. The number of nitrogens with two attached hydrogens (primary N) is 1. The van der Waals surface area contributed by atoms with Gasteiger partial charge in [-0.1, -0.05) is 12.1 Å². The van der Waals surface area contributed by atoms with Crippen molar-refractivity contribution in [1.29, 1.82) is 0 Å². The maximum atomic E-state index is 13.1. The second-order valence-corrected chi connectivity index (χ2v) is 3.00. The third kappa shape index (κ3) is 3.05. The molecule has 0 aliphatic rings. The highest BCUT2D eigenvalue weighted by atomic mass is 19.2. The van der Waals surface area contributed by atoms with Gasteiger partial charge in [0.1, 0.15) is 0 Å². The molecule has 1 aromatic rings. The Balaban J connectivity index is 2.46. The number of halogens is 2. The summed E-state index contributed by atoms with van der Waals surface area (Å²) >= 11 is 0. The molecule has 0 aromatic heterocycles. The molecule has 4 heteroatoms. The van der Waals surface area contributed by atoms with Crippen molar-refractivity contribution in [2.75, 3.05) is 19.6 Å². The van der Waals surface area contributed by atoms with Gasteiger partial charge < -0.3 is 11.1 Å². The van der Waals surface area contributed by atoms with Crippen molar-refractivity contribution in [2.24, 2.45) is 5.73 Å². The molecule has 14 heavy (non-hydrogen) atoms. The molecule has 0 amide bonds. The Kier molecular flexibility index (Phi) is 4.49. The van der Waals surface area contributed by atoms with E-state index >= 15 is 0 Å². The van der Waals surface area contributed by atoms with E-state index in [1.54, 1.807) is 6.07 Å². The fourth-order valence-corrected chi connectivity index (χ4v) is 1.19. The largest absolute Gasteiger partial charge is 0.329 e. The summed E-state index contributed by atoms with van der Waals surface area (Å²) < 4.78 is 25.8. The molecule has 1 rings (SSSR count). The second-order valence-electron chi connectivity index (χ2n) is 3.00. The van der Waals surface area contributed by atoms with Crippen LogP contribution in [0.1, 0.15) is 5.56 Å². The first-order chi connectivity index (χ1) is 6.75. The van der Waals surface area contributed by atoms with E-state index in [9.17, 15) is 8.78 Å². The monoisotopic (exact) mass is 200 g/mol. The molecule has 0 bridgehead atoms. The first-order valence-corrected chi connectivity index (χ1v) is 4.59. The number of nitrogens with one attached hydrogen (secondary N) is 1. The Labute approximate surface area is 82.1 Å². The maximum absolute atomic E-state index is 13.1. The van der Waals surface area contributed by atoms with Gasteiger partial charge in [0.2, 0.25) is 0 Å². The highest BCUT2D eigenvalue weighted by Crippen LogP contribution is 2.11. The lowest BCUT2D eigenvalue weighted by atomic mass is 10.1. The lowest BCUT2D eigenvalue weighted by Crippen LogP contribution is -2.24. The fourth-order valence-electron chi connectivity index (χ4n) is 1.19. The van der Waals surface area contributed by atoms with E-state index in [0.717, 1.165) is 6.07 Å². The summed E-state index contributed by atoms with van der Waals surface area (Å²) in [6.45, 7) is 1.85. The molecule has 0 heterocycles. The van der Waals surface area contributed by atoms with Crippen LogP contribution in [0, 0.1) is 11.6 Å². The van der Waals surface area contributed by atoms with E-state index in [2.05, 4.69) is 5.32 Å². The summed E-state index contributed by atoms with van der Waals surface area (Å²) in [5.41, 5.74) is 5.66. The van der Waals surface area contributed by atoms with Gasteiger partial charge in [0, 0.05) is 13.1 Å². The topological polar surface area (TPSA) is 38.0 Å². The number of benzene rings is 1. The van der Waals surface area contributed by atoms with Crippen LogP contribution in [0.5, 0.6) is 0 Å². The van der Waals surface area contributed by atoms with E-state index in [-0.39, 0.29) is 0 Å². The molecule has 0 saturated carbocycles. The van der Waals surface area contributed by atoms with Crippen LogP contribution in [0.3, 0.4) is 0 Å². The number of rotatable bonds is 5. The average molecular weight is 200 g/mol. The minimum Gasteiger partial charge on any atom is -0.329 e. The maximum Gasteiger partial charge on any atom is 0.162 e. The first-order valence-electron chi connectivity index (χ1n) is 4.59. The molecular weight excluding hydrogens is 186 g/mol. The van der Waals surface area contributed by atoms with Crippen molar-refractivity contribution >= 4 is 0 Å². The van der Waals surface area contributed by atoms with Crippen molar-refractivity contribution < 1.29 is 8.78 Å². The molecule has 0 radical (unpaired) electrons. The molecule has 2 nitrogen and oxygen atoms in total. The summed E-state index contributed by atoms with van der Waals surface area (Å²) in [7, 11) is 0. The normalized spacial score (nSPS) is 10.5. The Morgan fingerprint density at radius 3 is 2.71 bits per heavy atom. The standard InChI is InChI=1S/C10H14F2N2/c11-9-3-1-2-8(10(9)12)4-6-14-7-5-13/h1-3,14H,4-7,13H2. The summed E-state index contributed by atoms with van der Waals surface area (Å²) in [6.07, 6.45) is 0.476. The van der Waals surface area contributed by atoms with Gasteiger partial charge in [-0.05, 0) is 24.6 Å². The zero-order chi connectivity index (χ0) is 10.4. The van der Waals surface area contributed by atoms with E-state index in [0.29, 0.717) is 31.6 Å². The molecule has 0 aliphatic carbocycles. The van der Waals surface area contributed by atoms with E-state index in [4.69, 9.17) is 5.73 Å². The first kappa shape index (κ1) is 11.1. The van der Waals surface area contributed by atoms with E-state index in [1.165, 1.54) is 6.07 Å². The van der Waals surface area contributed by atoms with Gasteiger partial charge >= 0.3 is 0 Å². The van der Waals surface area contributed by atoms with Gasteiger partial charge in [-0.2, -0.15) is 0 Å². The SMILES string of the molecule is NCCNCCc1cccc(F)c1F. The summed E-state index contributed by atoms with van der Waals surface area (Å²) in [5.74, 6) is -1.54. The second kappa shape index (κ2) is 5.67. The zero-order valence-corrected chi connectivity index (χ0v) is 7.89. The summed E-state index contributed by atoms with van der Waals surface area (Å²) in [4.78, 5) is 0. The van der Waals surface area contributed by atoms with Crippen molar-refractivity contribution in [3.63, 3.8) is 0 Å². The van der Waals surface area contributed by atoms with E-state index < -0.39 is 11.6 Å². The third-order valence-electron chi connectivity index (χ3n) is 1.92. The summed E-state index contributed by atoms with van der Waals surface area (Å²) in [6, 6.07) is 4.21. The molecular formula is C10H14F2N2. The van der Waals surface area contributed by atoms with Gasteiger partial charge in [-0.15, -0.1) is 0 Å². The third-order valence-corrected chi connectivity index (χ3v) is 1.92. The summed E-state index contributed by atoms with van der Waals surface area (Å²) in [5, 5.41) is 3.02. The number of hydrogen-bond acceptors (Lipinski definition) is 2. The van der Waals surface area contributed by atoms with Crippen LogP contribution in [-0.4, -0.2) is 19.6 Å². The minimum absolute atomic E-state index is 0.398. The highest BCUT2D eigenvalue weighted by Gasteiger charge is 2.06. The average Bonchev–Trinajstić information content (AvgIpc) is 2.19. The Morgan fingerprint density at radius 2 is 2.00 bits per heavy atom. The van der Waals surface area contributed by atoms with Crippen LogP contribution in [-0.2, 0) is 6.42 Å². The van der Waals surface area contributed by atoms with Crippen LogP contribution < -0.4 is 11.1 Å². The van der Waals surface area contributed by atoms with Crippen LogP contribution in [0.2, 0.25) is 0 Å². The molecule has 0 fully saturated rings. The zero-order valence-electron chi connectivity index (χ0n) is 7.89. The smallest absolute Gasteiger partial charge is 0.162 e. The fraction of sp³-hybridized carbons (Fsp3) is 0.400. The van der Waals surface area contributed by atoms with Crippen molar-refractivity contribution in [3.8, 4) is 0 Å². The Morgan fingerprint density at radius 1 is 1.21 bits per heavy atom. The van der Waals surface area contributed by atoms with Crippen molar-refractivity contribution in [1.82, 2.24) is 5.32 Å². The van der Waals surface area contributed by atoms with Crippen LogP contribution in [0.15, 0.2) is 18.2 Å². The van der Waals surface area contributed by atoms with Crippen molar-refractivity contribution in [2.45, 2.75) is 6.42 Å². The van der Waals surface area contributed by atoms with Gasteiger partial charge in [0.25, 0.3) is 0 Å². The lowest BCUT2D eigenvalue weighted by molar-refractivity contribution is 0.497. The molecule has 78 valence electrons. The van der Waals surface area contributed by atoms with Gasteiger partial charge in [0.15, 0.2) is 11.6 Å². The van der Waals surface area contributed by atoms with Gasteiger partial charge in [0.05, 0.1) is 0 Å². The quantitative estimate of drug-likeness (QED) is 0.697. The molecule has 0 unspecified atom stereocenters. The molecule has 1 aromatic carbocycles. The van der Waals surface area contributed by atoms with Crippen molar-refractivity contribution in [3.05, 3.63) is 35.4 Å². The van der Waals surface area contributed by atoms with Crippen LogP contribution in [0.4, 0.5) is 8.78 Å². The van der Waals surface area contributed by atoms with Crippen LogP contribution in [0.25, 0.3) is 0 Å². The Hall–Kier alpha value is -1.00. The van der Waals surface area contributed by atoms with Gasteiger partial charge in [-0.25, -0.2) is 8.78 Å². The highest BCUT2D eigenvalue weighted by molar-refractivity contribution is 5.19.